The van der Waals surface area contributed by atoms with Crippen molar-refractivity contribution in [2.75, 3.05) is 0 Å². The minimum Gasteiger partial charge on any atom is -0.382 e. The van der Waals surface area contributed by atoms with Gasteiger partial charge in [-0.15, -0.1) is 0 Å². The Morgan fingerprint density at radius 2 is 2.04 bits per heavy atom. The zero-order valence-corrected chi connectivity index (χ0v) is 12.6. The minimum atomic E-state index is -0.833. The number of benzene rings is 1. The van der Waals surface area contributed by atoms with E-state index in [1.165, 1.54) is 0 Å². The Kier molecular flexibility index (Phi) is 2.32. The van der Waals surface area contributed by atoms with Gasteiger partial charge in [0, 0.05) is 16.8 Å². The number of aryl methyl sites for hydroxylation is 1. The Morgan fingerprint density at radius 1 is 1.17 bits per heavy atom. The lowest BCUT2D eigenvalue weighted by molar-refractivity contribution is 0.140. The molecule has 6 heteroatoms. The summed E-state index contributed by atoms with van der Waals surface area (Å²) in [5, 5.41) is 18.7. The number of hydrogen-bond donors (Lipinski definition) is 2. The van der Waals surface area contributed by atoms with Crippen molar-refractivity contribution in [2.24, 2.45) is 0 Å². The first-order chi connectivity index (χ1) is 11.1. The molecule has 0 atom stereocenters. The number of hydrogen-bond acceptors (Lipinski definition) is 4. The second-order valence-corrected chi connectivity index (χ2v) is 6.24. The van der Waals surface area contributed by atoms with Gasteiger partial charge in [-0.2, -0.15) is 5.10 Å². The van der Waals surface area contributed by atoms with Gasteiger partial charge in [0.15, 0.2) is 5.65 Å². The number of aromatic amines is 1. The first-order valence-corrected chi connectivity index (χ1v) is 7.67. The molecule has 0 bridgehead atoms. The van der Waals surface area contributed by atoms with E-state index in [9.17, 15) is 5.11 Å². The Bertz CT molecular complexity index is 1060. The van der Waals surface area contributed by atoms with Gasteiger partial charge in [0.2, 0.25) is 0 Å². The van der Waals surface area contributed by atoms with Gasteiger partial charge in [-0.1, -0.05) is 0 Å². The average Bonchev–Trinajstić information content (AvgIpc) is 2.99. The molecule has 0 amide bonds. The van der Waals surface area contributed by atoms with Crippen molar-refractivity contribution in [3.8, 4) is 5.69 Å². The second kappa shape index (κ2) is 4.17. The summed E-state index contributed by atoms with van der Waals surface area (Å²) in [6, 6.07) is 9.93. The highest BCUT2D eigenvalue weighted by Gasteiger charge is 2.47. The van der Waals surface area contributed by atoms with Crippen molar-refractivity contribution in [1.29, 1.82) is 0 Å². The third kappa shape index (κ3) is 1.82. The van der Waals surface area contributed by atoms with E-state index in [0.717, 1.165) is 46.3 Å². The number of nitrogens with zero attached hydrogens (tertiary/aromatic N) is 4. The maximum atomic E-state index is 10.7. The van der Waals surface area contributed by atoms with Crippen LogP contribution in [0.25, 0.3) is 27.8 Å². The van der Waals surface area contributed by atoms with Crippen LogP contribution in [0.15, 0.2) is 36.5 Å². The fourth-order valence-electron chi connectivity index (χ4n) is 3.02. The van der Waals surface area contributed by atoms with Gasteiger partial charge in [-0.3, -0.25) is 9.67 Å². The summed E-state index contributed by atoms with van der Waals surface area (Å²) in [7, 11) is 0. The van der Waals surface area contributed by atoms with Crippen molar-refractivity contribution >= 4 is 22.1 Å². The molecule has 1 fully saturated rings. The van der Waals surface area contributed by atoms with Crippen molar-refractivity contribution in [1.82, 2.24) is 24.7 Å². The highest BCUT2D eigenvalue weighted by Crippen LogP contribution is 2.46. The SMILES string of the molecule is Cc1ccc2nc(C3(O)CC3)n(-c3ccc4[nH]ncc4c3)c2n1. The topological polar surface area (TPSA) is 79.6 Å². The van der Waals surface area contributed by atoms with Gasteiger partial charge < -0.3 is 5.11 Å². The fourth-order valence-corrected chi connectivity index (χ4v) is 3.02. The van der Waals surface area contributed by atoms with Crippen molar-refractivity contribution in [3.05, 3.63) is 48.0 Å². The third-order valence-corrected chi connectivity index (χ3v) is 4.47. The van der Waals surface area contributed by atoms with Crippen LogP contribution in [0, 0.1) is 6.92 Å². The molecule has 2 N–H and O–H groups in total. The van der Waals surface area contributed by atoms with Crippen LogP contribution in [0.1, 0.15) is 24.4 Å². The molecule has 6 nitrogen and oxygen atoms in total. The molecule has 0 spiro atoms. The maximum Gasteiger partial charge on any atom is 0.165 e. The molecule has 1 saturated carbocycles. The number of fused-ring (bicyclic) bond motifs is 2. The first kappa shape index (κ1) is 12.8. The lowest BCUT2D eigenvalue weighted by atomic mass is 10.2. The second-order valence-electron chi connectivity index (χ2n) is 6.24. The van der Waals surface area contributed by atoms with Gasteiger partial charge in [0.1, 0.15) is 16.9 Å². The van der Waals surface area contributed by atoms with Crippen LogP contribution in [-0.2, 0) is 5.60 Å². The van der Waals surface area contributed by atoms with E-state index >= 15 is 0 Å². The number of aliphatic hydroxyl groups is 1. The molecule has 23 heavy (non-hydrogen) atoms. The largest absolute Gasteiger partial charge is 0.382 e. The molecule has 1 aromatic carbocycles. The van der Waals surface area contributed by atoms with E-state index in [-0.39, 0.29) is 0 Å². The normalized spacial score (nSPS) is 16.3. The molecule has 114 valence electrons. The zero-order valence-electron chi connectivity index (χ0n) is 12.6. The highest BCUT2D eigenvalue weighted by molar-refractivity contribution is 5.82. The van der Waals surface area contributed by atoms with Gasteiger partial charge in [0.05, 0.1) is 11.7 Å². The molecule has 4 aromatic rings. The molecule has 0 unspecified atom stereocenters. The van der Waals surface area contributed by atoms with Crippen molar-refractivity contribution in [3.63, 3.8) is 0 Å². The number of pyridine rings is 1. The summed E-state index contributed by atoms with van der Waals surface area (Å²) < 4.78 is 1.97. The van der Waals surface area contributed by atoms with Crippen LogP contribution >= 0.6 is 0 Å². The minimum absolute atomic E-state index is 0.674. The number of imidazole rings is 1. The molecule has 3 aromatic heterocycles. The molecule has 0 saturated heterocycles. The van der Waals surface area contributed by atoms with E-state index in [4.69, 9.17) is 0 Å². The van der Waals surface area contributed by atoms with Crippen LogP contribution in [-0.4, -0.2) is 29.8 Å². The Balaban J connectivity index is 1.85. The molecule has 1 aliphatic rings. The van der Waals surface area contributed by atoms with E-state index in [0.29, 0.717) is 5.82 Å². The van der Waals surface area contributed by atoms with Crippen LogP contribution in [0.3, 0.4) is 0 Å². The smallest absolute Gasteiger partial charge is 0.165 e. The Morgan fingerprint density at radius 3 is 2.87 bits per heavy atom. The third-order valence-electron chi connectivity index (χ3n) is 4.47. The number of rotatable bonds is 2. The van der Waals surface area contributed by atoms with Crippen LogP contribution in [0.5, 0.6) is 0 Å². The summed E-state index contributed by atoms with van der Waals surface area (Å²) in [4.78, 5) is 9.31. The highest BCUT2D eigenvalue weighted by atomic mass is 16.3. The van der Waals surface area contributed by atoms with E-state index in [1.54, 1.807) is 6.20 Å². The van der Waals surface area contributed by atoms with Crippen molar-refractivity contribution in [2.45, 2.75) is 25.4 Å². The maximum absolute atomic E-state index is 10.7. The molecular weight excluding hydrogens is 290 g/mol. The van der Waals surface area contributed by atoms with E-state index in [2.05, 4.69) is 20.2 Å². The standard InChI is InChI=1S/C17H15N5O/c1-10-2-4-14-15(19-10)22(16(20-14)17(23)6-7-17)12-3-5-13-11(8-12)9-18-21-13/h2-5,8-9,23H,6-7H2,1H3,(H,18,21). The average molecular weight is 305 g/mol. The quantitative estimate of drug-likeness (QED) is 0.596. The van der Waals surface area contributed by atoms with Crippen molar-refractivity contribution < 1.29 is 5.11 Å². The lowest BCUT2D eigenvalue weighted by Gasteiger charge is -2.12. The predicted molar refractivity (Wildman–Crippen MR) is 86.4 cm³/mol. The summed E-state index contributed by atoms with van der Waals surface area (Å²) in [5.74, 6) is 0.674. The molecule has 0 radical (unpaired) electrons. The summed E-state index contributed by atoms with van der Waals surface area (Å²) >= 11 is 0. The first-order valence-electron chi connectivity index (χ1n) is 7.67. The molecule has 1 aliphatic carbocycles. The van der Waals surface area contributed by atoms with Gasteiger partial charge in [-0.05, 0) is 50.1 Å². The summed E-state index contributed by atoms with van der Waals surface area (Å²) in [6.45, 7) is 1.96. The number of H-pyrrole nitrogens is 1. The number of nitrogens with one attached hydrogen (secondary N) is 1. The van der Waals surface area contributed by atoms with E-state index in [1.807, 2.05) is 41.8 Å². The van der Waals surface area contributed by atoms with Crippen LogP contribution < -0.4 is 0 Å². The summed E-state index contributed by atoms with van der Waals surface area (Å²) in [6.07, 6.45) is 3.27. The van der Waals surface area contributed by atoms with Gasteiger partial charge in [-0.25, -0.2) is 9.97 Å². The Hall–Kier alpha value is -2.73. The van der Waals surface area contributed by atoms with Gasteiger partial charge >= 0.3 is 0 Å². The predicted octanol–water partition coefficient (Wildman–Crippen LogP) is 2.59. The Labute approximate surface area is 131 Å². The molecular formula is C17H15N5O. The fraction of sp³-hybridized carbons (Fsp3) is 0.235. The monoisotopic (exact) mass is 305 g/mol. The van der Waals surface area contributed by atoms with Gasteiger partial charge in [0.25, 0.3) is 0 Å². The van der Waals surface area contributed by atoms with Crippen LogP contribution in [0.2, 0.25) is 0 Å². The zero-order chi connectivity index (χ0) is 15.6. The molecule has 0 aliphatic heterocycles. The molecule has 3 heterocycles. The summed E-state index contributed by atoms with van der Waals surface area (Å²) in [5.41, 5.74) is 3.60. The van der Waals surface area contributed by atoms with E-state index < -0.39 is 5.60 Å². The lowest BCUT2D eigenvalue weighted by Crippen LogP contribution is -2.13. The van der Waals surface area contributed by atoms with Crippen LogP contribution in [0.4, 0.5) is 0 Å². The molecule has 5 rings (SSSR count). The number of aromatic nitrogens is 5.